The number of ketones is 1. The summed E-state index contributed by atoms with van der Waals surface area (Å²) in [6.45, 7) is 1.72. The number of aliphatic hydroxyl groups excluding tert-OH is 1. The van der Waals surface area contributed by atoms with Gasteiger partial charge < -0.3 is 9.84 Å². The zero-order chi connectivity index (χ0) is 13.1. The molecule has 0 radical (unpaired) electrons. The Kier molecular flexibility index (Phi) is 3.46. The second-order valence-corrected chi connectivity index (χ2v) is 4.11. The van der Waals surface area contributed by atoms with Gasteiger partial charge in [0.05, 0.1) is 18.4 Å². The molecule has 0 heterocycles. The number of carbonyl (C=O) groups is 1. The van der Waals surface area contributed by atoms with Crippen molar-refractivity contribution in [2.45, 2.75) is 19.8 Å². The highest BCUT2D eigenvalue weighted by atomic mass is 16.5. The number of rotatable bonds is 3. The molecule has 0 saturated carbocycles. The van der Waals surface area contributed by atoms with E-state index >= 15 is 0 Å². The lowest BCUT2D eigenvalue weighted by Crippen LogP contribution is -2.06. The molecule has 0 amide bonds. The zero-order valence-electron chi connectivity index (χ0n) is 10.4. The first-order chi connectivity index (χ1) is 8.63. The number of aliphatic imine (C=N–C) groups is 1. The molecule has 1 aliphatic rings. The van der Waals surface area contributed by atoms with Gasteiger partial charge in [-0.3, -0.25) is 4.79 Å². The summed E-state index contributed by atoms with van der Waals surface area (Å²) in [4.78, 5) is 16.0. The second kappa shape index (κ2) is 5.04. The number of Topliss-reactive ketones (excluding diaryl/α,β-unsaturated/α-hetero) is 1. The standard InChI is InChI=1S/C14H15NO3/c1-9(14-11(16)7-8-12(14)17)15-10-5-3-4-6-13(10)18-2/h3-6,16H,7-8H2,1-2H3. The van der Waals surface area contributed by atoms with E-state index in [9.17, 15) is 9.90 Å². The normalized spacial score (nSPS) is 16.3. The van der Waals surface area contributed by atoms with Crippen molar-refractivity contribution in [2.75, 3.05) is 7.11 Å². The first-order valence-electron chi connectivity index (χ1n) is 5.77. The van der Waals surface area contributed by atoms with E-state index in [0.29, 0.717) is 35.6 Å². The molecule has 0 atom stereocenters. The summed E-state index contributed by atoms with van der Waals surface area (Å²) >= 11 is 0. The zero-order valence-corrected chi connectivity index (χ0v) is 10.4. The number of benzene rings is 1. The fourth-order valence-electron chi connectivity index (χ4n) is 2.01. The number of ether oxygens (including phenoxy) is 1. The Morgan fingerprint density at radius 3 is 2.67 bits per heavy atom. The Bertz CT molecular complexity index is 544. The third-order valence-corrected chi connectivity index (χ3v) is 2.89. The van der Waals surface area contributed by atoms with Crippen LogP contribution in [0.1, 0.15) is 19.8 Å². The van der Waals surface area contributed by atoms with E-state index in [4.69, 9.17) is 4.74 Å². The lowest BCUT2D eigenvalue weighted by atomic mass is 10.1. The van der Waals surface area contributed by atoms with E-state index in [1.807, 2.05) is 12.1 Å². The summed E-state index contributed by atoms with van der Waals surface area (Å²) in [6.07, 6.45) is 0.771. The number of methoxy groups -OCH3 is 1. The van der Waals surface area contributed by atoms with Gasteiger partial charge in [0.2, 0.25) is 0 Å². The van der Waals surface area contributed by atoms with Crippen molar-refractivity contribution in [3.05, 3.63) is 35.6 Å². The van der Waals surface area contributed by atoms with Crippen molar-refractivity contribution < 1.29 is 14.6 Å². The molecule has 0 aromatic heterocycles. The molecule has 0 aliphatic heterocycles. The molecule has 2 rings (SSSR count). The van der Waals surface area contributed by atoms with E-state index in [1.165, 1.54) is 0 Å². The number of allylic oxidation sites excluding steroid dienone is 2. The van der Waals surface area contributed by atoms with Crippen LogP contribution in [0.15, 0.2) is 40.6 Å². The van der Waals surface area contributed by atoms with Gasteiger partial charge in [0.25, 0.3) is 0 Å². The summed E-state index contributed by atoms with van der Waals surface area (Å²) in [6, 6.07) is 7.31. The van der Waals surface area contributed by atoms with Gasteiger partial charge in [-0.05, 0) is 19.1 Å². The van der Waals surface area contributed by atoms with Gasteiger partial charge >= 0.3 is 0 Å². The monoisotopic (exact) mass is 245 g/mol. The minimum atomic E-state index is -0.0522. The number of carbonyl (C=O) groups excluding carboxylic acids is 1. The molecular weight excluding hydrogens is 230 g/mol. The van der Waals surface area contributed by atoms with Crippen LogP contribution in [0, 0.1) is 0 Å². The van der Waals surface area contributed by atoms with E-state index in [2.05, 4.69) is 4.99 Å². The summed E-state index contributed by atoms with van der Waals surface area (Å²) in [5, 5.41) is 9.68. The van der Waals surface area contributed by atoms with Gasteiger partial charge in [0.15, 0.2) is 5.78 Å². The molecule has 0 saturated heterocycles. The van der Waals surface area contributed by atoms with Crippen LogP contribution >= 0.6 is 0 Å². The average molecular weight is 245 g/mol. The summed E-state index contributed by atoms with van der Waals surface area (Å²) in [5.74, 6) is 0.724. The first kappa shape index (κ1) is 12.4. The lowest BCUT2D eigenvalue weighted by Gasteiger charge is -2.06. The maximum atomic E-state index is 11.6. The third kappa shape index (κ3) is 2.27. The SMILES string of the molecule is COc1ccccc1N=C(C)C1=C(O)CCC1=O. The summed E-state index contributed by atoms with van der Waals surface area (Å²) in [5.41, 5.74) is 1.53. The molecular formula is C14H15NO3. The highest BCUT2D eigenvalue weighted by molar-refractivity contribution is 6.23. The number of nitrogens with zero attached hydrogens (tertiary/aromatic N) is 1. The summed E-state index contributed by atoms with van der Waals surface area (Å²) in [7, 11) is 1.57. The molecule has 4 heteroatoms. The van der Waals surface area contributed by atoms with E-state index in [-0.39, 0.29) is 11.5 Å². The van der Waals surface area contributed by atoms with Crippen molar-refractivity contribution >= 4 is 17.2 Å². The van der Waals surface area contributed by atoms with Crippen LogP contribution < -0.4 is 4.74 Å². The molecule has 18 heavy (non-hydrogen) atoms. The second-order valence-electron chi connectivity index (χ2n) is 4.11. The number of hydrogen-bond acceptors (Lipinski definition) is 4. The minimum absolute atomic E-state index is 0.0522. The first-order valence-corrected chi connectivity index (χ1v) is 5.77. The van der Waals surface area contributed by atoms with Gasteiger partial charge in [-0.15, -0.1) is 0 Å². The van der Waals surface area contributed by atoms with Gasteiger partial charge in [0, 0.05) is 12.8 Å². The lowest BCUT2D eigenvalue weighted by molar-refractivity contribution is -0.114. The molecule has 4 nitrogen and oxygen atoms in total. The van der Waals surface area contributed by atoms with Crippen LogP contribution in [0.3, 0.4) is 0 Å². The quantitative estimate of drug-likeness (QED) is 0.833. The average Bonchev–Trinajstić information content (AvgIpc) is 2.69. The van der Waals surface area contributed by atoms with Crippen molar-refractivity contribution in [1.29, 1.82) is 0 Å². The fraction of sp³-hybridized carbons (Fsp3) is 0.286. The van der Waals surface area contributed by atoms with Gasteiger partial charge in [0.1, 0.15) is 17.2 Å². The Balaban J connectivity index is 2.39. The maximum absolute atomic E-state index is 11.6. The third-order valence-electron chi connectivity index (χ3n) is 2.89. The Morgan fingerprint density at radius 1 is 1.33 bits per heavy atom. The molecule has 0 unspecified atom stereocenters. The van der Waals surface area contributed by atoms with E-state index in [0.717, 1.165) is 0 Å². The predicted octanol–water partition coefficient (Wildman–Crippen LogP) is 2.96. The molecule has 0 fully saturated rings. The van der Waals surface area contributed by atoms with Crippen molar-refractivity contribution in [3.8, 4) is 5.75 Å². The summed E-state index contributed by atoms with van der Waals surface area (Å²) < 4.78 is 5.19. The molecule has 0 spiro atoms. The van der Waals surface area contributed by atoms with Crippen molar-refractivity contribution in [3.63, 3.8) is 0 Å². The highest BCUT2D eigenvalue weighted by Gasteiger charge is 2.24. The Morgan fingerprint density at radius 2 is 2.06 bits per heavy atom. The van der Waals surface area contributed by atoms with Crippen molar-refractivity contribution in [1.82, 2.24) is 0 Å². The van der Waals surface area contributed by atoms with Gasteiger partial charge in [-0.25, -0.2) is 4.99 Å². The van der Waals surface area contributed by atoms with Crippen LogP contribution in [-0.4, -0.2) is 23.7 Å². The molecule has 1 N–H and O–H groups in total. The highest BCUT2D eigenvalue weighted by Crippen LogP contribution is 2.29. The van der Waals surface area contributed by atoms with Crippen LogP contribution in [0.25, 0.3) is 0 Å². The van der Waals surface area contributed by atoms with Crippen molar-refractivity contribution in [2.24, 2.45) is 4.99 Å². The maximum Gasteiger partial charge on any atom is 0.168 e. The minimum Gasteiger partial charge on any atom is -0.511 e. The van der Waals surface area contributed by atoms with Gasteiger partial charge in [-0.1, -0.05) is 12.1 Å². The molecule has 1 aliphatic carbocycles. The van der Waals surface area contributed by atoms with Gasteiger partial charge in [-0.2, -0.15) is 0 Å². The molecule has 1 aromatic rings. The molecule has 94 valence electrons. The fourth-order valence-corrected chi connectivity index (χ4v) is 2.01. The van der Waals surface area contributed by atoms with Crippen LogP contribution in [-0.2, 0) is 4.79 Å². The smallest absolute Gasteiger partial charge is 0.168 e. The van der Waals surface area contributed by atoms with Crippen LogP contribution in [0.5, 0.6) is 5.75 Å². The number of hydrogen-bond donors (Lipinski definition) is 1. The topological polar surface area (TPSA) is 58.9 Å². The Labute approximate surface area is 106 Å². The molecule has 1 aromatic carbocycles. The molecule has 0 bridgehead atoms. The predicted molar refractivity (Wildman–Crippen MR) is 69.7 cm³/mol. The Hall–Kier alpha value is -2.10. The van der Waals surface area contributed by atoms with E-state index in [1.54, 1.807) is 26.2 Å². The number of para-hydroxylation sites is 2. The largest absolute Gasteiger partial charge is 0.511 e. The van der Waals surface area contributed by atoms with Crippen LogP contribution in [0.4, 0.5) is 5.69 Å². The van der Waals surface area contributed by atoms with E-state index < -0.39 is 0 Å². The van der Waals surface area contributed by atoms with Crippen LogP contribution in [0.2, 0.25) is 0 Å². The number of aliphatic hydroxyl groups is 1.